The van der Waals surface area contributed by atoms with Gasteiger partial charge in [-0.05, 0) is 300 Å². The molecule has 22 atom stereocenters. The lowest BCUT2D eigenvalue weighted by molar-refractivity contribution is -0.0742. The van der Waals surface area contributed by atoms with Gasteiger partial charge in [0.25, 0.3) is 0 Å². The van der Waals surface area contributed by atoms with Crippen LogP contribution in [0.25, 0.3) is 0 Å². The lowest BCUT2D eigenvalue weighted by Gasteiger charge is -2.57. The Labute approximate surface area is 573 Å². The lowest BCUT2D eigenvalue weighted by atomic mass is 9.48. The van der Waals surface area contributed by atoms with Crippen LogP contribution in [-0.4, -0.2) is 0 Å². The zero-order chi connectivity index (χ0) is 61.7. The summed E-state index contributed by atoms with van der Waals surface area (Å²) in [6, 6.07) is 0. The Hall–Kier alpha value is 0. The van der Waals surface area contributed by atoms with E-state index >= 15 is 0 Å². The first-order chi connectivity index (χ1) is 45.3. The lowest BCUT2D eigenvalue weighted by Crippen LogP contribution is -2.49. The summed E-state index contributed by atoms with van der Waals surface area (Å²) in [5, 5.41) is 0. The highest BCUT2D eigenvalue weighted by molar-refractivity contribution is 5.04. The highest BCUT2D eigenvalue weighted by Crippen LogP contribution is 2.64. The Kier molecular flexibility index (Phi) is 24.1. The summed E-state index contributed by atoms with van der Waals surface area (Å²) in [4.78, 5) is 0. The topological polar surface area (TPSA) is 0 Å². The molecule has 0 aliphatic heterocycles. The second-order valence-electron chi connectivity index (χ2n) is 40.9. The monoisotopic (exact) mass is 1260 g/mol. The molecule has 15 rings (SSSR count). The van der Waals surface area contributed by atoms with Gasteiger partial charge in [-0.3, -0.25) is 0 Å². The summed E-state index contributed by atoms with van der Waals surface area (Å²) in [7, 11) is 0. The van der Waals surface area contributed by atoms with Crippen molar-refractivity contribution in [2.24, 2.45) is 178 Å². The van der Waals surface area contributed by atoms with Crippen LogP contribution in [0.1, 0.15) is 399 Å². The normalized spacial score (nSPS) is 47.4. The number of hydrogen-bond acceptors (Lipinski definition) is 0. The third-order valence-corrected chi connectivity index (χ3v) is 35.9. The summed E-state index contributed by atoms with van der Waals surface area (Å²) in [6.07, 6.45) is 96.7. The Morgan fingerprint density at radius 3 is 0.707 bits per heavy atom. The Balaban J connectivity index is 0.735. The van der Waals surface area contributed by atoms with E-state index in [1.165, 1.54) is 6.42 Å². The van der Waals surface area contributed by atoms with Crippen LogP contribution >= 0.6 is 0 Å². The second-order valence-corrected chi connectivity index (χ2v) is 40.9. The van der Waals surface area contributed by atoms with Crippen LogP contribution in [0.3, 0.4) is 0 Å². The fourth-order valence-corrected chi connectivity index (χ4v) is 31.3. The average molecular weight is 1260 g/mol. The van der Waals surface area contributed by atoms with Crippen molar-refractivity contribution in [3.05, 3.63) is 0 Å². The molecule has 15 saturated carbocycles. The molecule has 0 aromatic heterocycles. The van der Waals surface area contributed by atoms with E-state index in [2.05, 4.69) is 13.8 Å². The summed E-state index contributed by atoms with van der Waals surface area (Å²) < 4.78 is 0. The van der Waals surface area contributed by atoms with E-state index in [9.17, 15) is 0 Å². The van der Waals surface area contributed by atoms with Gasteiger partial charge in [0.1, 0.15) is 0 Å². The maximum Gasteiger partial charge on any atom is -0.0324 e. The van der Waals surface area contributed by atoms with Crippen LogP contribution in [0.2, 0.25) is 0 Å². The van der Waals surface area contributed by atoms with E-state index in [0.717, 1.165) is 178 Å². The molecule has 0 aromatic rings. The SMILES string of the molecule is CC1CCC(C2CC(C3CCCCC3)CC(C3CC(C4CCCCC4)CC(C4CC(C5CCCCC5)CC(C5CCCC(C6CC(C7CCCC(C8CCCCC8)C7)CC(C7CC(C8CCCCC8)CC(C8CCCC(C)C8)C7)C6)C5)C4C4CCCCC4)C3)C2)CC1. The van der Waals surface area contributed by atoms with Gasteiger partial charge in [0.05, 0.1) is 0 Å². The predicted octanol–water partition coefficient (Wildman–Crippen LogP) is 28.1. The Morgan fingerprint density at radius 2 is 0.337 bits per heavy atom. The molecule has 15 aliphatic rings. The van der Waals surface area contributed by atoms with Gasteiger partial charge in [-0.15, -0.1) is 0 Å². The standard InChI is InChI=1S/C92H156/c1-63-42-44-70(45-43-63)79-49-77(66-27-11-4-12-28-66)51-84(53-79)87-54-80(68-31-15-6-16-32-68)59-89(60-87)91-62-88(69-33-17-7-18-34-69)61-90(92(91)71-35-19-8-20-36-71)76-41-23-40-75(48-76)83-55-82(74-39-22-38-73(47-74)65-25-9-3-10-26-65)57-86(58-83)85-52-78(67-29-13-5-14-30-67)50-81(56-85)72-37-21-24-64(2)46-72/h63-92H,3-62H2,1-2H3. The quantitative estimate of drug-likeness (QED) is 0.163. The van der Waals surface area contributed by atoms with Crippen LogP contribution in [0.15, 0.2) is 0 Å². The van der Waals surface area contributed by atoms with Crippen molar-refractivity contribution in [1.29, 1.82) is 0 Å². The molecule has 0 spiro atoms. The van der Waals surface area contributed by atoms with Crippen molar-refractivity contribution in [2.75, 3.05) is 0 Å². The minimum Gasteiger partial charge on any atom is -0.0625 e. The molecule has 0 heteroatoms. The molecule has 92 heavy (non-hydrogen) atoms. The molecule has 0 nitrogen and oxygen atoms in total. The van der Waals surface area contributed by atoms with Gasteiger partial charge in [-0.2, -0.15) is 0 Å². The van der Waals surface area contributed by atoms with E-state index in [-0.39, 0.29) is 0 Å². The Morgan fingerprint density at radius 1 is 0.120 bits per heavy atom. The molecule has 0 N–H and O–H groups in total. The molecule has 0 radical (unpaired) electrons. The molecule has 22 unspecified atom stereocenters. The Bertz CT molecular complexity index is 2120. The zero-order valence-electron chi connectivity index (χ0n) is 61.7. The largest absolute Gasteiger partial charge is 0.0625 e. The molecule has 15 fully saturated rings. The first-order valence-electron chi connectivity index (χ1n) is 45.3. The molecule has 15 aliphatic carbocycles. The van der Waals surface area contributed by atoms with Gasteiger partial charge in [0.15, 0.2) is 0 Å². The van der Waals surface area contributed by atoms with Crippen molar-refractivity contribution < 1.29 is 0 Å². The van der Waals surface area contributed by atoms with Gasteiger partial charge in [0, 0.05) is 0 Å². The fourth-order valence-electron chi connectivity index (χ4n) is 31.3. The summed E-state index contributed by atoms with van der Waals surface area (Å²) in [6.45, 7) is 5.28. The molecular formula is C92H156. The minimum atomic E-state index is 0.991. The maximum atomic E-state index is 2.67. The van der Waals surface area contributed by atoms with E-state index < -0.39 is 0 Å². The van der Waals surface area contributed by atoms with Gasteiger partial charge in [-0.1, -0.05) is 277 Å². The first-order valence-corrected chi connectivity index (χ1v) is 45.3. The van der Waals surface area contributed by atoms with E-state index in [1.54, 1.807) is 379 Å². The van der Waals surface area contributed by atoms with E-state index in [1.807, 2.05) is 0 Å². The molecule has 0 bridgehead atoms. The fraction of sp³-hybridized carbons (Fsp3) is 1.00. The summed E-state index contributed by atoms with van der Waals surface area (Å²) in [5.74, 6) is 32.0. The van der Waals surface area contributed by atoms with Crippen molar-refractivity contribution in [2.45, 2.75) is 399 Å². The first kappa shape index (κ1) is 67.8. The van der Waals surface area contributed by atoms with Gasteiger partial charge in [-0.25, -0.2) is 0 Å². The van der Waals surface area contributed by atoms with Crippen LogP contribution < -0.4 is 0 Å². The third-order valence-electron chi connectivity index (χ3n) is 35.9. The summed E-state index contributed by atoms with van der Waals surface area (Å²) >= 11 is 0. The van der Waals surface area contributed by atoms with Gasteiger partial charge < -0.3 is 0 Å². The van der Waals surface area contributed by atoms with Crippen molar-refractivity contribution >= 4 is 0 Å². The van der Waals surface area contributed by atoms with Crippen LogP contribution in [0, 0.1) is 178 Å². The zero-order valence-corrected chi connectivity index (χ0v) is 61.7. The molecule has 0 amide bonds. The molecule has 0 aromatic carbocycles. The number of hydrogen-bond donors (Lipinski definition) is 0. The van der Waals surface area contributed by atoms with Crippen LogP contribution in [-0.2, 0) is 0 Å². The predicted molar refractivity (Wildman–Crippen MR) is 393 cm³/mol. The highest BCUT2D eigenvalue weighted by atomic mass is 14.6. The highest BCUT2D eigenvalue weighted by Gasteiger charge is 2.54. The number of rotatable bonds is 14. The summed E-state index contributed by atoms with van der Waals surface area (Å²) in [5.41, 5.74) is 0. The smallest absolute Gasteiger partial charge is 0.0324 e. The van der Waals surface area contributed by atoms with Gasteiger partial charge >= 0.3 is 0 Å². The van der Waals surface area contributed by atoms with Crippen molar-refractivity contribution in [3.8, 4) is 0 Å². The minimum absolute atomic E-state index is 0.991. The van der Waals surface area contributed by atoms with Crippen molar-refractivity contribution in [1.82, 2.24) is 0 Å². The van der Waals surface area contributed by atoms with Gasteiger partial charge in [0.2, 0.25) is 0 Å². The molecule has 0 heterocycles. The molecular weight excluding hydrogens is 1110 g/mol. The van der Waals surface area contributed by atoms with Crippen LogP contribution in [0.4, 0.5) is 0 Å². The van der Waals surface area contributed by atoms with E-state index in [0.29, 0.717) is 0 Å². The molecule has 524 valence electrons. The van der Waals surface area contributed by atoms with E-state index in [4.69, 9.17) is 0 Å². The van der Waals surface area contributed by atoms with Crippen LogP contribution in [0.5, 0.6) is 0 Å². The second kappa shape index (κ2) is 32.8. The third kappa shape index (κ3) is 16.5. The molecule has 0 saturated heterocycles. The van der Waals surface area contributed by atoms with Crippen molar-refractivity contribution in [3.63, 3.8) is 0 Å². The average Bonchev–Trinajstić information content (AvgIpc) is 1.16. The maximum absolute atomic E-state index is 2.67.